The summed E-state index contributed by atoms with van der Waals surface area (Å²) in [5, 5.41) is 0.551. The van der Waals surface area contributed by atoms with Gasteiger partial charge in [0.25, 0.3) is 0 Å². The molecule has 22 heavy (non-hydrogen) atoms. The molecule has 1 atom stereocenters. The number of hydrogen-bond acceptors (Lipinski definition) is 5. The van der Waals surface area contributed by atoms with Crippen molar-refractivity contribution in [2.75, 3.05) is 25.4 Å². The van der Waals surface area contributed by atoms with E-state index in [0.717, 1.165) is 24.0 Å². The monoisotopic (exact) mass is 347 g/mol. The van der Waals surface area contributed by atoms with Gasteiger partial charge in [0, 0.05) is 30.7 Å². The van der Waals surface area contributed by atoms with Crippen molar-refractivity contribution in [1.82, 2.24) is 9.88 Å². The van der Waals surface area contributed by atoms with Crippen molar-refractivity contribution in [1.29, 1.82) is 0 Å². The van der Waals surface area contributed by atoms with E-state index in [4.69, 9.17) is 10.5 Å². The summed E-state index contributed by atoms with van der Waals surface area (Å²) in [5.74, 6) is -1.69. The molecule has 0 radical (unpaired) electrons. The number of aromatic nitrogens is 1. The van der Waals surface area contributed by atoms with Gasteiger partial charge in [-0.2, -0.15) is 0 Å². The number of hydrogen-bond donors (Lipinski definition) is 1. The van der Waals surface area contributed by atoms with E-state index in [-0.39, 0.29) is 18.5 Å². The van der Waals surface area contributed by atoms with Gasteiger partial charge in [-0.1, -0.05) is 6.07 Å². The van der Waals surface area contributed by atoms with Crippen molar-refractivity contribution in [3.05, 3.63) is 46.5 Å². The lowest BCUT2D eigenvalue weighted by atomic mass is 10.1. The van der Waals surface area contributed by atoms with Gasteiger partial charge in [0.05, 0.1) is 12.7 Å². The lowest BCUT2D eigenvalue weighted by molar-refractivity contribution is -0.0328. The Balaban J connectivity index is 0.00000176. The Hall–Kier alpha value is -1.28. The molecule has 0 bridgehead atoms. The second-order valence-electron chi connectivity index (χ2n) is 4.93. The lowest BCUT2D eigenvalue weighted by Gasteiger charge is -2.32. The van der Waals surface area contributed by atoms with E-state index in [1.807, 2.05) is 0 Å². The van der Waals surface area contributed by atoms with Gasteiger partial charge in [0.15, 0.2) is 16.8 Å². The van der Waals surface area contributed by atoms with Crippen LogP contribution in [0.2, 0.25) is 0 Å². The number of anilines is 1. The number of nitrogen functional groups attached to an aromatic ring is 1. The van der Waals surface area contributed by atoms with Crippen LogP contribution >= 0.6 is 23.7 Å². The highest BCUT2D eigenvalue weighted by Crippen LogP contribution is 2.25. The molecule has 4 nitrogen and oxygen atoms in total. The van der Waals surface area contributed by atoms with Crippen LogP contribution in [0, 0.1) is 11.6 Å². The second-order valence-corrected chi connectivity index (χ2v) is 6.08. The number of nitrogens with zero attached hydrogens (tertiary/aromatic N) is 2. The average Bonchev–Trinajstić information content (AvgIpc) is 2.87. The summed E-state index contributed by atoms with van der Waals surface area (Å²) < 4.78 is 32.0. The molecule has 1 aliphatic heterocycles. The summed E-state index contributed by atoms with van der Waals surface area (Å²) in [5.41, 5.74) is 6.27. The molecular weight excluding hydrogens is 332 g/mol. The number of morpholine rings is 1. The normalized spacial score (nSPS) is 18.9. The first-order valence-electron chi connectivity index (χ1n) is 6.61. The first-order valence-corrected chi connectivity index (χ1v) is 7.42. The van der Waals surface area contributed by atoms with E-state index in [0.29, 0.717) is 23.8 Å². The molecule has 2 N–H and O–H groups in total. The maximum atomic E-state index is 13.3. The summed E-state index contributed by atoms with van der Waals surface area (Å²) in [7, 11) is 0. The third-order valence-corrected chi connectivity index (χ3v) is 4.23. The largest absolute Gasteiger partial charge is 0.375 e. The molecule has 2 aromatic rings. The van der Waals surface area contributed by atoms with Crippen molar-refractivity contribution in [3.8, 4) is 0 Å². The number of nitrogens with two attached hydrogens (primary N) is 1. The summed E-state index contributed by atoms with van der Waals surface area (Å²) in [6.45, 7) is 2.71. The Morgan fingerprint density at radius 1 is 1.36 bits per heavy atom. The highest BCUT2D eigenvalue weighted by Gasteiger charge is 2.23. The molecular formula is C14H16ClF2N3OS. The molecule has 1 unspecified atom stereocenters. The summed E-state index contributed by atoms with van der Waals surface area (Å²) in [6, 6.07) is 3.91. The SMILES string of the molecule is Cl.Nc1ncc(CN2CCOC(c3ccc(F)c(F)c3)C2)s1. The molecule has 1 fully saturated rings. The van der Waals surface area contributed by atoms with Crippen LogP contribution in [0.4, 0.5) is 13.9 Å². The molecule has 0 amide bonds. The van der Waals surface area contributed by atoms with E-state index < -0.39 is 11.6 Å². The quantitative estimate of drug-likeness (QED) is 0.927. The van der Waals surface area contributed by atoms with E-state index in [9.17, 15) is 8.78 Å². The second kappa shape index (κ2) is 7.32. The van der Waals surface area contributed by atoms with Gasteiger partial charge in [0.2, 0.25) is 0 Å². The summed E-state index contributed by atoms with van der Waals surface area (Å²) in [6.07, 6.45) is 1.52. The van der Waals surface area contributed by atoms with E-state index in [1.54, 1.807) is 12.3 Å². The van der Waals surface area contributed by atoms with Crippen LogP contribution in [0.25, 0.3) is 0 Å². The van der Waals surface area contributed by atoms with E-state index in [2.05, 4.69) is 9.88 Å². The molecule has 0 aliphatic carbocycles. The Labute approximate surface area is 137 Å². The average molecular weight is 348 g/mol. The third-order valence-electron chi connectivity index (χ3n) is 3.42. The maximum Gasteiger partial charge on any atom is 0.180 e. The van der Waals surface area contributed by atoms with Gasteiger partial charge in [-0.25, -0.2) is 13.8 Å². The molecule has 1 aromatic carbocycles. The number of halogens is 3. The molecule has 3 rings (SSSR count). The standard InChI is InChI=1S/C14H15F2N3OS.ClH/c15-11-2-1-9(5-12(11)16)13-8-19(3-4-20-13)7-10-6-18-14(17)21-10;/h1-2,5-6,13H,3-4,7-8H2,(H2,17,18);1H. The van der Waals surface area contributed by atoms with Crippen LogP contribution in [0.3, 0.4) is 0 Å². The van der Waals surface area contributed by atoms with Crippen molar-refractivity contribution >= 4 is 28.9 Å². The van der Waals surface area contributed by atoms with Crippen molar-refractivity contribution in [2.24, 2.45) is 0 Å². The molecule has 120 valence electrons. The highest BCUT2D eigenvalue weighted by molar-refractivity contribution is 7.15. The Morgan fingerprint density at radius 3 is 2.86 bits per heavy atom. The van der Waals surface area contributed by atoms with Gasteiger partial charge in [0.1, 0.15) is 0 Å². The van der Waals surface area contributed by atoms with Crippen molar-refractivity contribution in [2.45, 2.75) is 12.6 Å². The maximum absolute atomic E-state index is 13.3. The van der Waals surface area contributed by atoms with Gasteiger partial charge in [-0.15, -0.1) is 23.7 Å². The topological polar surface area (TPSA) is 51.4 Å². The predicted molar refractivity (Wildman–Crippen MR) is 84.1 cm³/mol. The fourth-order valence-electron chi connectivity index (χ4n) is 2.38. The molecule has 1 aliphatic rings. The van der Waals surface area contributed by atoms with Gasteiger partial charge >= 0.3 is 0 Å². The fourth-order valence-corrected chi connectivity index (χ4v) is 3.10. The number of thiazole rings is 1. The minimum Gasteiger partial charge on any atom is -0.375 e. The molecule has 8 heteroatoms. The minimum atomic E-state index is -0.844. The van der Waals surface area contributed by atoms with E-state index in [1.165, 1.54) is 17.4 Å². The fraction of sp³-hybridized carbons (Fsp3) is 0.357. The molecule has 0 saturated carbocycles. The molecule has 0 spiro atoms. The van der Waals surface area contributed by atoms with Gasteiger partial charge in [-0.3, -0.25) is 4.90 Å². The van der Waals surface area contributed by atoms with Crippen LogP contribution in [-0.4, -0.2) is 29.6 Å². The zero-order chi connectivity index (χ0) is 14.8. The summed E-state index contributed by atoms with van der Waals surface area (Å²) in [4.78, 5) is 7.31. The summed E-state index contributed by atoms with van der Waals surface area (Å²) >= 11 is 1.46. The molecule has 1 saturated heterocycles. The lowest BCUT2D eigenvalue weighted by Crippen LogP contribution is -2.37. The predicted octanol–water partition coefficient (Wildman–Crippen LogP) is 3.00. The van der Waals surface area contributed by atoms with Crippen LogP contribution in [0.5, 0.6) is 0 Å². The van der Waals surface area contributed by atoms with Crippen LogP contribution in [0.1, 0.15) is 16.5 Å². The van der Waals surface area contributed by atoms with Crippen LogP contribution < -0.4 is 5.73 Å². The zero-order valence-corrected chi connectivity index (χ0v) is 13.3. The Kier molecular flexibility index (Phi) is 5.69. The number of benzene rings is 1. The molecule has 1 aromatic heterocycles. The molecule has 2 heterocycles. The first-order chi connectivity index (χ1) is 10.1. The van der Waals surface area contributed by atoms with Crippen LogP contribution in [0.15, 0.2) is 24.4 Å². The number of rotatable bonds is 3. The van der Waals surface area contributed by atoms with Gasteiger partial charge in [-0.05, 0) is 17.7 Å². The third kappa shape index (κ3) is 3.92. The first kappa shape index (κ1) is 17.1. The highest BCUT2D eigenvalue weighted by atomic mass is 35.5. The van der Waals surface area contributed by atoms with Crippen LogP contribution in [-0.2, 0) is 11.3 Å². The minimum absolute atomic E-state index is 0. The smallest absolute Gasteiger partial charge is 0.180 e. The van der Waals surface area contributed by atoms with Gasteiger partial charge < -0.3 is 10.5 Å². The zero-order valence-electron chi connectivity index (χ0n) is 11.7. The van der Waals surface area contributed by atoms with E-state index >= 15 is 0 Å². The Bertz CT molecular complexity index is 640. The number of ether oxygens (including phenoxy) is 1. The van der Waals surface area contributed by atoms with Crippen molar-refractivity contribution < 1.29 is 13.5 Å². The Morgan fingerprint density at radius 2 is 2.18 bits per heavy atom. The van der Waals surface area contributed by atoms with Crippen molar-refractivity contribution in [3.63, 3.8) is 0 Å².